The zero-order valence-electron chi connectivity index (χ0n) is 13.5. The maximum Gasteiger partial charge on any atom is 0.255 e. The van der Waals surface area contributed by atoms with E-state index in [1.54, 1.807) is 36.4 Å². The molecule has 1 heterocycles. The average molecular weight is 341 g/mol. The Morgan fingerprint density at radius 3 is 2.88 bits per heavy atom. The number of carbonyl (C=O) groups excluding carboxylic acids is 1. The third-order valence-electron chi connectivity index (χ3n) is 3.43. The molecule has 0 aliphatic rings. The summed E-state index contributed by atoms with van der Waals surface area (Å²) in [6.07, 6.45) is 0. The number of nitrogens with one attached hydrogen (secondary N) is 1. The molecular formula is C17H16FN5O2. The Labute approximate surface area is 143 Å². The predicted molar refractivity (Wildman–Crippen MR) is 87.9 cm³/mol. The van der Waals surface area contributed by atoms with Crippen LogP contribution in [0.25, 0.3) is 5.69 Å². The van der Waals surface area contributed by atoms with Crippen molar-refractivity contribution >= 4 is 5.91 Å². The highest BCUT2D eigenvalue weighted by Gasteiger charge is 2.14. The molecule has 0 fully saturated rings. The molecule has 0 saturated heterocycles. The smallest absolute Gasteiger partial charge is 0.255 e. The summed E-state index contributed by atoms with van der Waals surface area (Å²) in [6, 6.07) is 12.8. The number of nitrogens with zero attached hydrogens (tertiary/aromatic N) is 4. The van der Waals surface area contributed by atoms with Crippen LogP contribution in [0.4, 0.5) is 4.39 Å². The maximum absolute atomic E-state index is 13.4. The fourth-order valence-electron chi connectivity index (χ4n) is 2.31. The second-order valence-corrected chi connectivity index (χ2v) is 5.10. The SMILES string of the molecule is CCOc1ccccc1C(=O)NCc1nnnn1-c1cccc(F)c1. The van der Waals surface area contributed by atoms with Gasteiger partial charge in [0.1, 0.15) is 11.6 Å². The van der Waals surface area contributed by atoms with Gasteiger partial charge in [0.05, 0.1) is 24.4 Å². The van der Waals surface area contributed by atoms with E-state index in [9.17, 15) is 9.18 Å². The van der Waals surface area contributed by atoms with Crippen LogP contribution in [0.2, 0.25) is 0 Å². The molecule has 0 atom stereocenters. The van der Waals surface area contributed by atoms with Crippen LogP contribution in [0.5, 0.6) is 5.75 Å². The van der Waals surface area contributed by atoms with E-state index in [-0.39, 0.29) is 12.5 Å². The first-order valence-electron chi connectivity index (χ1n) is 7.72. The number of hydrogen-bond acceptors (Lipinski definition) is 5. The molecular weight excluding hydrogens is 325 g/mol. The number of tetrazole rings is 1. The van der Waals surface area contributed by atoms with Crippen molar-refractivity contribution in [3.05, 3.63) is 65.7 Å². The zero-order chi connectivity index (χ0) is 17.6. The van der Waals surface area contributed by atoms with E-state index in [1.807, 2.05) is 6.92 Å². The van der Waals surface area contributed by atoms with Crippen LogP contribution in [-0.2, 0) is 6.54 Å². The molecule has 1 amide bonds. The Bertz CT molecular complexity index is 881. The second kappa shape index (κ2) is 7.52. The number of para-hydroxylation sites is 1. The number of aromatic nitrogens is 4. The molecule has 0 unspecified atom stereocenters. The summed E-state index contributed by atoms with van der Waals surface area (Å²) in [7, 11) is 0. The Balaban J connectivity index is 1.75. The molecule has 3 rings (SSSR count). The van der Waals surface area contributed by atoms with Gasteiger partial charge in [-0.15, -0.1) is 5.10 Å². The molecule has 7 nitrogen and oxygen atoms in total. The molecule has 0 spiro atoms. The van der Waals surface area contributed by atoms with Gasteiger partial charge >= 0.3 is 0 Å². The third-order valence-corrected chi connectivity index (χ3v) is 3.43. The minimum Gasteiger partial charge on any atom is -0.493 e. The summed E-state index contributed by atoms with van der Waals surface area (Å²) in [6.45, 7) is 2.40. The minimum absolute atomic E-state index is 0.0861. The summed E-state index contributed by atoms with van der Waals surface area (Å²) in [5.41, 5.74) is 0.901. The summed E-state index contributed by atoms with van der Waals surface area (Å²) in [5, 5.41) is 14.1. The lowest BCUT2D eigenvalue weighted by molar-refractivity contribution is 0.0946. The molecule has 0 aliphatic carbocycles. The van der Waals surface area contributed by atoms with Crippen molar-refractivity contribution in [1.29, 1.82) is 0 Å². The standard InChI is InChI=1S/C17H16FN5O2/c1-2-25-15-9-4-3-8-14(15)17(24)19-11-16-20-21-22-23(16)13-7-5-6-12(18)10-13/h3-10H,2,11H2,1H3,(H,19,24). The van der Waals surface area contributed by atoms with Gasteiger partial charge < -0.3 is 10.1 Å². The highest BCUT2D eigenvalue weighted by Crippen LogP contribution is 2.18. The molecule has 2 aromatic carbocycles. The summed E-state index contributed by atoms with van der Waals surface area (Å²) in [5.74, 6) is 0.187. The zero-order valence-corrected chi connectivity index (χ0v) is 13.5. The van der Waals surface area contributed by atoms with Crippen molar-refractivity contribution in [3.63, 3.8) is 0 Å². The Morgan fingerprint density at radius 2 is 2.08 bits per heavy atom. The molecule has 1 aromatic heterocycles. The van der Waals surface area contributed by atoms with Crippen molar-refractivity contribution < 1.29 is 13.9 Å². The van der Waals surface area contributed by atoms with Crippen LogP contribution in [-0.4, -0.2) is 32.7 Å². The molecule has 0 aliphatic heterocycles. The van der Waals surface area contributed by atoms with Gasteiger partial charge in [-0.05, 0) is 47.7 Å². The van der Waals surface area contributed by atoms with Gasteiger partial charge in [0.15, 0.2) is 5.82 Å². The maximum atomic E-state index is 13.4. The van der Waals surface area contributed by atoms with E-state index in [0.29, 0.717) is 29.4 Å². The lowest BCUT2D eigenvalue weighted by atomic mass is 10.2. The lowest BCUT2D eigenvalue weighted by Crippen LogP contribution is -2.25. The molecule has 128 valence electrons. The van der Waals surface area contributed by atoms with Gasteiger partial charge in [-0.2, -0.15) is 4.68 Å². The number of halogens is 1. The predicted octanol–water partition coefficient (Wildman–Crippen LogP) is 2.13. The average Bonchev–Trinajstić information content (AvgIpc) is 3.09. The van der Waals surface area contributed by atoms with Gasteiger partial charge in [-0.25, -0.2) is 4.39 Å². The van der Waals surface area contributed by atoms with Gasteiger partial charge in [0.2, 0.25) is 0 Å². The molecule has 0 radical (unpaired) electrons. The Morgan fingerprint density at radius 1 is 1.24 bits per heavy atom. The first kappa shape index (κ1) is 16.6. The number of amides is 1. The van der Waals surface area contributed by atoms with Crippen molar-refractivity contribution in [2.45, 2.75) is 13.5 Å². The summed E-state index contributed by atoms with van der Waals surface area (Å²) >= 11 is 0. The van der Waals surface area contributed by atoms with E-state index in [1.165, 1.54) is 16.8 Å². The molecule has 1 N–H and O–H groups in total. The van der Waals surface area contributed by atoms with Crippen molar-refractivity contribution in [1.82, 2.24) is 25.5 Å². The normalized spacial score (nSPS) is 10.5. The Kier molecular flexibility index (Phi) is 4.98. The highest BCUT2D eigenvalue weighted by atomic mass is 19.1. The van der Waals surface area contributed by atoms with Crippen molar-refractivity contribution in [2.75, 3.05) is 6.61 Å². The fourth-order valence-corrected chi connectivity index (χ4v) is 2.31. The summed E-state index contributed by atoms with van der Waals surface area (Å²) < 4.78 is 20.2. The van der Waals surface area contributed by atoms with E-state index in [4.69, 9.17) is 4.74 Å². The molecule has 8 heteroatoms. The van der Waals surface area contributed by atoms with Crippen LogP contribution in [0, 0.1) is 5.82 Å². The number of rotatable bonds is 6. The van der Waals surface area contributed by atoms with Gasteiger partial charge in [0.25, 0.3) is 5.91 Å². The van der Waals surface area contributed by atoms with Crippen LogP contribution in [0.15, 0.2) is 48.5 Å². The lowest BCUT2D eigenvalue weighted by Gasteiger charge is -2.10. The second-order valence-electron chi connectivity index (χ2n) is 5.10. The van der Waals surface area contributed by atoms with Gasteiger partial charge in [-0.3, -0.25) is 4.79 Å². The van der Waals surface area contributed by atoms with Crippen molar-refractivity contribution in [3.8, 4) is 11.4 Å². The first-order chi connectivity index (χ1) is 12.2. The van der Waals surface area contributed by atoms with E-state index >= 15 is 0 Å². The highest BCUT2D eigenvalue weighted by molar-refractivity contribution is 5.96. The van der Waals surface area contributed by atoms with Crippen LogP contribution in [0.1, 0.15) is 23.1 Å². The van der Waals surface area contributed by atoms with Crippen LogP contribution < -0.4 is 10.1 Å². The molecule has 0 bridgehead atoms. The van der Waals surface area contributed by atoms with Crippen LogP contribution >= 0.6 is 0 Å². The monoisotopic (exact) mass is 341 g/mol. The fraction of sp³-hybridized carbons (Fsp3) is 0.176. The van der Waals surface area contributed by atoms with E-state index in [2.05, 4.69) is 20.8 Å². The number of ether oxygens (including phenoxy) is 1. The Hall–Kier alpha value is -3.29. The van der Waals surface area contributed by atoms with E-state index < -0.39 is 5.82 Å². The van der Waals surface area contributed by atoms with Gasteiger partial charge in [0, 0.05) is 0 Å². The topological polar surface area (TPSA) is 81.9 Å². The number of hydrogen-bond donors (Lipinski definition) is 1. The van der Waals surface area contributed by atoms with Crippen LogP contribution in [0.3, 0.4) is 0 Å². The number of benzene rings is 2. The quantitative estimate of drug-likeness (QED) is 0.743. The molecule has 0 saturated carbocycles. The largest absolute Gasteiger partial charge is 0.493 e. The number of carbonyl (C=O) groups is 1. The molecule has 3 aromatic rings. The third kappa shape index (κ3) is 3.79. The first-order valence-corrected chi connectivity index (χ1v) is 7.72. The molecule has 25 heavy (non-hydrogen) atoms. The van der Waals surface area contributed by atoms with Crippen molar-refractivity contribution in [2.24, 2.45) is 0 Å². The van der Waals surface area contributed by atoms with Gasteiger partial charge in [-0.1, -0.05) is 18.2 Å². The minimum atomic E-state index is -0.395. The summed E-state index contributed by atoms with van der Waals surface area (Å²) in [4.78, 5) is 12.4. The van der Waals surface area contributed by atoms with E-state index in [0.717, 1.165) is 0 Å².